The Morgan fingerprint density at radius 2 is 1.96 bits per heavy atom. The lowest BCUT2D eigenvalue weighted by atomic mass is 9.87. The molecule has 2 aromatic rings. The third-order valence-electron chi connectivity index (χ3n) is 6.10. The van der Waals surface area contributed by atoms with Crippen molar-refractivity contribution >= 4 is 27.0 Å². The van der Waals surface area contributed by atoms with Crippen LogP contribution in [0.3, 0.4) is 0 Å². The fourth-order valence-corrected chi connectivity index (χ4v) is 6.03. The van der Waals surface area contributed by atoms with Crippen LogP contribution in [0.5, 0.6) is 0 Å². The van der Waals surface area contributed by atoms with Crippen LogP contribution in [0.25, 0.3) is 15.7 Å². The molecule has 0 spiro atoms. The van der Waals surface area contributed by atoms with Crippen molar-refractivity contribution in [2.45, 2.75) is 32.1 Å². The van der Waals surface area contributed by atoms with Crippen LogP contribution >= 0.6 is 11.3 Å². The smallest absolute Gasteiger partial charge is 0.124 e. The van der Waals surface area contributed by atoms with Crippen LogP contribution in [0.4, 0.5) is 4.39 Å². The van der Waals surface area contributed by atoms with Crippen LogP contribution in [0.2, 0.25) is 0 Å². The highest BCUT2D eigenvalue weighted by Crippen LogP contribution is 2.54. The van der Waals surface area contributed by atoms with Gasteiger partial charge in [0.2, 0.25) is 0 Å². The minimum Gasteiger partial charge on any atom is -0.299 e. The lowest BCUT2D eigenvalue weighted by Crippen LogP contribution is -2.24. The molecular weight excluding hydrogens is 305 g/mol. The molecule has 1 saturated heterocycles. The molecular formula is C20H22FNS. The SMILES string of the molecule is Fc1ccc2c(C3=C(CN4CCCC4)C4CCC3C4)csc2c1. The van der Waals surface area contributed by atoms with Gasteiger partial charge in [-0.3, -0.25) is 4.90 Å². The van der Waals surface area contributed by atoms with E-state index in [1.165, 1.54) is 62.7 Å². The number of allylic oxidation sites excluding steroid dienone is 1. The molecule has 2 unspecified atom stereocenters. The Balaban J connectivity index is 1.60. The predicted molar refractivity (Wildman–Crippen MR) is 95.2 cm³/mol. The van der Waals surface area contributed by atoms with Crippen molar-refractivity contribution in [3.63, 3.8) is 0 Å². The van der Waals surface area contributed by atoms with E-state index in [0.29, 0.717) is 0 Å². The lowest BCUT2D eigenvalue weighted by molar-refractivity contribution is 0.355. The summed E-state index contributed by atoms with van der Waals surface area (Å²) in [5.74, 6) is 1.44. The molecule has 1 aromatic carbocycles. The predicted octanol–water partition coefficient (Wildman–Crippen LogP) is 5.32. The average molecular weight is 327 g/mol. The molecule has 1 saturated carbocycles. The number of hydrogen-bond acceptors (Lipinski definition) is 2. The van der Waals surface area contributed by atoms with Gasteiger partial charge in [-0.05, 0) is 91.3 Å². The Bertz CT molecular complexity index is 784. The molecule has 120 valence electrons. The van der Waals surface area contributed by atoms with Gasteiger partial charge in [-0.2, -0.15) is 0 Å². The molecule has 1 aromatic heterocycles. The quantitative estimate of drug-likeness (QED) is 0.737. The molecule has 3 aliphatic rings. The minimum absolute atomic E-state index is 0.120. The first-order valence-corrected chi connectivity index (χ1v) is 9.80. The van der Waals surface area contributed by atoms with Crippen LogP contribution < -0.4 is 0 Å². The highest BCUT2D eigenvalue weighted by Gasteiger charge is 2.40. The highest BCUT2D eigenvalue weighted by atomic mass is 32.1. The number of nitrogens with zero attached hydrogens (tertiary/aromatic N) is 1. The van der Waals surface area contributed by atoms with Crippen LogP contribution in [0.1, 0.15) is 37.7 Å². The van der Waals surface area contributed by atoms with Gasteiger partial charge in [0.25, 0.3) is 0 Å². The molecule has 2 heterocycles. The van der Waals surface area contributed by atoms with E-state index in [2.05, 4.69) is 10.3 Å². The highest BCUT2D eigenvalue weighted by molar-refractivity contribution is 7.17. The van der Waals surface area contributed by atoms with Crippen molar-refractivity contribution in [3.8, 4) is 0 Å². The van der Waals surface area contributed by atoms with Crippen molar-refractivity contribution in [2.24, 2.45) is 11.8 Å². The summed E-state index contributed by atoms with van der Waals surface area (Å²) in [6.07, 6.45) is 6.81. The molecule has 0 radical (unpaired) electrons. The van der Waals surface area contributed by atoms with E-state index in [1.807, 2.05) is 6.07 Å². The second-order valence-corrected chi connectivity index (χ2v) is 8.33. The second-order valence-electron chi connectivity index (χ2n) is 7.42. The zero-order chi connectivity index (χ0) is 15.4. The third-order valence-corrected chi connectivity index (χ3v) is 7.05. The zero-order valence-electron chi connectivity index (χ0n) is 13.4. The van der Waals surface area contributed by atoms with Crippen molar-refractivity contribution in [3.05, 3.63) is 40.5 Å². The van der Waals surface area contributed by atoms with E-state index in [9.17, 15) is 4.39 Å². The maximum absolute atomic E-state index is 13.5. The van der Waals surface area contributed by atoms with Gasteiger partial charge in [0, 0.05) is 16.6 Å². The summed E-state index contributed by atoms with van der Waals surface area (Å²) in [4.78, 5) is 2.64. The Labute approximate surface area is 140 Å². The summed E-state index contributed by atoms with van der Waals surface area (Å²) in [7, 11) is 0. The molecule has 2 atom stereocenters. The fraction of sp³-hybridized carbons (Fsp3) is 0.500. The fourth-order valence-electron chi connectivity index (χ4n) is 5.04. The minimum atomic E-state index is -0.120. The van der Waals surface area contributed by atoms with Crippen molar-refractivity contribution < 1.29 is 4.39 Å². The Kier molecular flexibility index (Phi) is 3.34. The molecule has 1 nitrogen and oxygen atoms in total. The van der Waals surface area contributed by atoms with Crippen LogP contribution in [-0.2, 0) is 0 Å². The molecule has 2 bridgehead atoms. The Morgan fingerprint density at radius 3 is 2.83 bits per heavy atom. The summed E-state index contributed by atoms with van der Waals surface area (Å²) in [6, 6.07) is 5.30. The van der Waals surface area contributed by atoms with Gasteiger partial charge in [-0.1, -0.05) is 6.07 Å². The summed E-state index contributed by atoms with van der Waals surface area (Å²) in [5, 5.41) is 3.54. The summed E-state index contributed by atoms with van der Waals surface area (Å²) in [6.45, 7) is 3.71. The number of halogens is 1. The summed E-state index contributed by atoms with van der Waals surface area (Å²) < 4.78 is 14.6. The largest absolute Gasteiger partial charge is 0.299 e. The molecule has 0 N–H and O–H groups in total. The molecule has 5 rings (SSSR count). The van der Waals surface area contributed by atoms with E-state index >= 15 is 0 Å². The summed E-state index contributed by atoms with van der Waals surface area (Å²) >= 11 is 1.70. The van der Waals surface area contributed by atoms with Gasteiger partial charge in [-0.15, -0.1) is 11.3 Å². The molecule has 0 amide bonds. The first kappa shape index (κ1) is 14.2. The van der Waals surface area contributed by atoms with Crippen molar-refractivity contribution in [2.75, 3.05) is 19.6 Å². The zero-order valence-corrected chi connectivity index (χ0v) is 14.2. The number of rotatable bonds is 3. The van der Waals surface area contributed by atoms with Crippen molar-refractivity contribution in [1.82, 2.24) is 4.90 Å². The normalized spacial score (nSPS) is 27.7. The van der Waals surface area contributed by atoms with E-state index < -0.39 is 0 Å². The monoisotopic (exact) mass is 327 g/mol. The topological polar surface area (TPSA) is 3.24 Å². The number of likely N-dealkylation sites (tertiary alicyclic amines) is 1. The van der Waals surface area contributed by atoms with Crippen molar-refractivity contribution in [1.29, 1.82) is 0 Å². The first-order valence-electron chi connectivity index (χ1n) is 8.92. The van der Waals surface area contributed by atoms with Gasteiger partial charge in [0.05, 0.1) is 0 Å². The Morgan fingerprint density at radius 1 is 1.13 bits per heavy atom. The van der Waals surface area contributed by atoms with Gasteiger partial charge in [-0.25, -0.2) is 4.39 Å². The van der Waals surface area contributed by atoms with Crippen LogP contribution in [-0.4, -0.2) is 24.5 Å². The molecule has 3 heteroatoms. The van der Waals surface area contributed by atoms with Gasteiger partial charge >= 0.3 is 0 Å². The number of benzene rings is 1. The van der Waals surface area contributed by atoms with E-state index in [0.717, 1.165) is 16.5 Å². The number of fused-ring (bicyclic) bond motifs is 3. The maximum atomic E-state index is 13.5. The van der Waals surface area contributed by atoms with Gasteiger partial charge in [0.15, 0.2) is 0 Å². The molecule has 1 aliphatic heterocycles. The van der Waals surface area contributed by atoms with Crippen LogP contribution in [0, 0.1) is 17.7 Å². The van der Waals surface area contributed by atoms with Gasteiger partial charge in [0.1, 0.15) is 5.82 Å². The summed E-state index contributed by atoms with van der Waals surface area (Å²) in [5.41, 5.74) is 4.75. The lowest BCUT2D eigenvalue weighted by Gasteiger charge is -2.24. The van der Waals surface area contributed by atoms with E-state index in [4.69, 9.17) is 0 Å². The Hall–Kier alpha value is -1.19. The van der Waals surface area contributed by atoms with E-state index in [1.54, 1.807) is 34.6 Å². The number of hydrogen-bond donors (Lipinski definition) is 0. The van der Waals surface area contributed by atoms with E-state index in [-0.39, 0.29) is 5.82 Å². The second kappa shape index (κ2) is 5.42. The molecule has 23 heavy (non-hydrogen) atoms. The average Bonchev–Trinajstić information content (AvgIpc) is 3.30. The van der Waals surface area contributed by atoms with Gasteiger partial charge < -0.3 is 0 Å². The van der Waals surface area contributed by atoms with Crippen LogP contribution in [0.15, 0.2) is 29.2 Å². The molecule has 2 aliphatic carbocycles. The third kappa shape index (κ3) is 2.28. The maximum Gasteiger partial charge on any atom is 0.124 e. The number of thiophene rings is 1. The molecule has 2 fully saturated rings. The first-order chi connectivity index (χ1) is 11.3. The standard InChI is InChI=1S/C20H22FNS/c21-15-5-6-16-18(12-23-19(16)10-15)20-14-4-3-13(9-14)17(20)11-22-7-1-2-8-22/h5-6,10,12-14H,1-4,7-9,11H2.